The van der Waals surface area contributed by atoms with Crippen LogP contribution >= 0.6 is 24.6 Å². The Morgan fingerprint density at radius 3 is 2.20 bits per heavy atom. The van der Waals surface area contributed by atoms with Gasteiger partial charge in [0, 0.05) is 0 Å². The summed E-state index contributed by atoms with van der Waals surface area (Å²) in [6, 6.07) is 0. The molecule has 0 amide bonds. The first-order valence-electron chi connectivity index (χ1n) is 2.65. The maximum absolute atomic E-state index is 4.22. The van der Waals surface area contributed by atoms with E-state index in [4.69, 9.17) is 0 Å². The van der Waals surface area contributed by atoms with E-state index in [2.05, 4.69) is 23.7 Å². The van der Waals surface area contributed by atoms with Crippen LogP contribution in [0.2, 0.25) is 0 Å². The summed E-state index contributed by atoms with van der Waals surface area (Å²) in [5, 5.41) is 6.12. The molecule has 0 bridgehead atoms. The van der Waals surface area contributed by atoms with Gasteiger partial charge in [0.1, 0.15) is 0 Å². The summed E-state index contributed by atoms with van der Waals surface area (Å²) in [6.07, 6.45) is 0. The molecule has 8 heteroatoms. The van der Waals surface area contributed by atoms with Crippen molar-refractivity contribution in [3.05, 3.63) is 0 Å². The molecule has 0 spiro atoms. The van der Waals surface area contributed by atoms with Gasteiger partial charge in [0.2, 0.25) is 7.51 Å². The molecule has 1 heterocycles. The minimum absolute atomic E-state index is 0.777. The Labute approximate surface area is 63.1 Å². The quantitative estimate of drug-likeness (QED) is 0.664. The minimum Gasteiger partial charge on any atom is -0.256 e. The van der Waals surface area contributed by atoms with Crippen molar-refractivity contribution >= 4 is 24.6 Å². The Hall–Kier alpha value is 0.350. The molecular formula is C2H8N5P3. The van der Waals surface area contributed by atoms with E-state index in [0.717, 1.165) is 17.0 Å². The minimum atomic E-state index is -1.72. The van der Waals surface area contributed by atoms with Gasteiger partial charge in [0.05, 0.1) is 0 Å². The third kappa shape index (κ3) is 1.69. The predicted octanol–water partition coefficient (Wildman–Crippen LogP) is 2.47. The van der Waals surface area contributed by atoms with E-state index in [9.17, 15) is 0 Å². The van der Waals surface area contributed by atoms with Crippen LogP contribution < -0.4 is 10.2 Å². The zero-order valence-electron chi connectivity index (χ0n) is 5.68. The Kier molecular flexibility index (Phi) is 3.09. The van der Waals surface area contributed by atoms with Crippen molar-refractivity contribution < 1.29 is 0 Å². The van der Waals surface area contributed by atoms with Gasteiger partial charge in [-0.2, -0.15) is 13.5 Å². The molecule has 0 aromatic rings. The highest BCUT2D eigenvalue weighted by Gasteiger charge is 2.12. The van der Waals surface area contributed by atoms with Crippen molar-refractivity contribution in [1.82, 2.24) is 10.2 Å². The molecule has 10 heavy (non-hydrogen) atoms. The van der Waals surface area contributed by atoms with Crippen molar-refractivity contribution in [1.29, 1.82) is 0 Å². The molecule has 0 aliphatic carbocycles. The fourth-order valence-electron chi connectivity index (χ4n) is 0.478. The van der Waals surface area contributed by atoms with Crippen LogP contribution in [0.5, 0.6) is 0 Å². The molecule has 0 fully saturated rings. The molecule has 0 aromatic heterocycles. The van der Waals surface area contributed by atoms with Gasteiger partial charge in [-0.3, -0.25) is 10.2 Å². The molecular weight excluding hydrogens is 187 g/mol. The zero-order valence-corrected chi connectivity index (χ0v) is 8.37. The van der Waals surface area contributed by atoms with Crippen molar-refractivity contribution in [2.24, 2.45) is 13.5 Å². The van der Waals surface area contributed by atoms with Crippen LogP contribution in [0.15, 0.2) is 13.5 Å². The molecule has 0 unspecified atom stereocenters. The van der Waals surface area contributed by atoms with Crippen molar-refractivity contribution in [2.45, 2.75) is 0 Å². The molecule has 5 nitrogen and oxygen atoms in total. The summed E-state index contributed by atoms with van der Waals surface area (Å²) in [5.41, 5.74) is 0. The monoisotopic (exact) mass is 195 g/mol. The average molecular weight is 195 g/mol. The van der Waals surface area contributed by atoms with Crippen molar-refractivity contribution in [3.8, 4) is 0 Å². The summed E-state index contributed by atoms with van der Waals surface area (Å²) >= 11 is 0. The van der Waals surface area contributed by atoms with E-state index < -0.39 is 7.51 Å². The molecule has 56 valence electrons. The largest absolute Gasteiger partial charge is 0.256 e. The maximum atomic E-state index is 4.22. The number of hydrogen-bond donors (Lipinski definition) is 2. The summed E-state index contributed by atoms with van der Waals surface area (Å²) < 4.78 is 12.4. The van der Waals surface area contributed by atoms with E-state index in [1.165, 1.54) is 0 Å². The van der Waals surface area contributed by atoms with E-state index >= 15 is 0 Å². The average Bonchev–Trinajstić information content (AvgIpc) is 2.06. The second-order valence-corrected chi connectivity index (χ2v) is 6.10. The second-order valence-electron chi connectivity index (χ2n) is 1.50. The first-order chi connectivity index (χ1) is 4.83. The van der Waals surface area contributed by atoms with Gasteiger partial charge >= 0.3 is 0 Å². The molecule has 0 radical (unpaired) electrons. The van der Waals surface area contributed by atoms with Crippen LogP contribution in [0, 0.1) is 0 Å². The molecule has 0 saturated carbocycles. The van der Waals surface area contributed by atoms with Gasteiger partial charge in [0.25, 0.3) is 0 Å². The Morgan fingerprint density at radius 2 is 1.90 bits per heavy atom. The smallest absolute Gasteiger partial charge is 0.221 e. The van der Waals surface area contributed by atoms with Crippen molar-refractivity contribution in [2.75, 3.05) is 14.1 Å². The molecule has 1 aliphatic heterocycles. The van der Waals surface area contributed by atoms with Gasteiger partial charge in [-0.1, -0.05) is 0 Å². The molecule has 1 rings (SSSR count). The summed E-state index contributed by atoms with van der Waals surface area (Å²) in [6.45, 7) is 0. The van der Waals surface area contributed by atoms with Crippen LogP contribution in [0.1, 0.15) is 0 Å². The Bertz CT molecular complexity index is 211. The summed E-state index contributed by atoms with van der Waals surface area (Å²) in [5.74, 6) is 0. The van der Waals surface area contributed by atoms with Crippen LogP contribution in [0.3, 0.4) is 0 Å². The van der Waals surface area contributed by atoms with Crippen molar-refractivity contribution in [3.63, 3.8) is 0 Å². The van der Waals surface area contributed by atoms with Gasteiger partial charge < -0.3 is 0 Å². The first-order valence-corrected chi connectivity index (χ1v) is 5.94. The van der Waals surface area contributed by atoms with Gasteiger partial charge in [-0.05, 0) is 14.1 Å². The van der Waals surface area contributed by atoms with E-state index in [0.29, 0.717) is 0 Å². The van der Waals surface area contributed by atoms with Gasteiger partial charge in [0.15, 0.2) is 17.0 Å². The Balaban J connectivity index is 2.93. The highest BCUT2D eigenvalue weighted by Crippen LogP contribution is 2.50. The number of nitrogens with one attached hydrogen (secondary N) is 2. The third-order valence-corrected chi connectivity index (χ3v) is 5.64. The standard InChI is InChI=1S/C2H8N5P3/c1-3-10(4-2)6-8-5-9-7-10/h3-4H,1-2H3. The van der Waals surface area contributed by atoms with Crippen LogP contribution in [0.25, 0.3) is 0 Å². The van der Waals surface area contributed by atoms with Crippen LogP contribution in [0.4, 0.5) is 0 Å². The maximum Gasteiger partial charge on any atom is 0.221 e. The van der Waals surface area contributed by atoms with E-state index in [1.807, 2.05) is 14.1 Å². The summed E-state index contributed by atoms with van der Waals surface area (Å²) in [4.78, 5) is 0. The molecule has 0 atom stereocenters. The second kappa shape index (κ2) is 3.66. The lowest BCUT2D eigenvalue weighted by Crippen LogP contribution is -2.12. The molecule has 2 N–H and O–H groups in total. The topological polar surface area (TPSA) is 61.1 Å². The molecule has 0 aromatic carbocycles. The normalized spacial score (nSPS) is 23.8. The fourth-order valence-corrected chi connectivity index (χ4v) is 4.60. The third-order valence-electron chi connectivity index (χ3n) is 1.04. The predicted molar refractivity (Wildman–Crippen MR) is 46.2 cm³/mol. The Morgan fingerprint density at radius 1 is 1.20 bits per heavy atom. The van der Waals surface area contributed by atoms with Gasteiger partial charge in [-0.25, -0.2) is 0 Å². The lowest BCUT2D eigenvalue weighted by molar-refractivity contribution is 1.12. The SMILES string of the molecule is CNP1(NC)=NP=NP=N1. The number of nitrogens with zero attached hydrogens (tertiary/aromatic N) is 3. The zero-order chi connectivity index (χ0) is 7.45. The first kappa shape index (κ1) is 8.45. The van der Waals surface area contributed by atoms with Crippen LogP contribution in [-0.2, 0) is 0 Å². The number of hydrogen-bond acceptors (Lipinski definition) is 5. The summed E-state index contributed by atoms with van der Waals surface area (Å²) in [7, 11) is 3.54. The molecule has 0 saturated heterocycles. The lowest BCUT2D eigenvalue weighted by atomic mass is 11.6. The van der Waals surface area contributed by atoms with Crippen LogP contribution in [-0.4, -0.2) is 14.1 Å². The highest BCUT2D eigenvalue weighted by molar-refractivity contribution is 7.69. The number of rotatable bonds is 2. The molecule has 1 aliphatic rings. The fraction of sp³-hybridized carbons (Fsp3) is 1.00. The van der Waals surface area contributed by atoms with E-state index in [1.54, 1.807) is 0 Å². The van der Waals surface area contributed by atoms with E-state index in [-0.39, 0.29) is 0 Å². The highest BCUT2D eigenvalue weighted by atomic mass is 31.2. The van der Waals surface area contributed by atoms with Gasteiger partial charge in [-0.15, -0.1) is 0 Å². The lowest BCUT2D eigenvalue weighted by Gasteiger charge is -2.15.